The van der Waals surface area contributed by atoms with E-state index >= 15 is 0 Å². The maximum absolute atomic E-state index is 13.6. The molecule has 7 nitrogen and oxygen atoms in total. The minimum atomic E-state index is -0.927. The number of hydrogen-bond donors (Lipinski definition) is 3. The summed E-state index contributed by atoms with van der Waals surface area (Å²) in [5.41, 5.74) is 3.45. The molecule has 2 aromatic carbocycles. The van der Waals surface area contributed by atoms with Gasteiger partial charge in [0.05, 0.1) is 17.4 Å². The zero-order chi connectivity index (χ0) is 24.2. The van der Waals surface area contributed by atoms with Gasteiger partial charge in [-0.3, -0.25) is 14.5 Å². The monoisotopic (exact) mass is 464 g/mol. The van der Waals surface area contributed by atoms with Crippen molar-refractivity contribution in [3.63, 3.8) is 0 Å². The number of carbonyl (C=O) groups is 2. The zero-order valence-electron chi connectivity index (χ0n) is 18.8. The molecule has 0 aromatic heterocycles. The van der Waals surface area contributed by atoms with E-state index in [0.29, 0.717) is 35.7 Å². The lowest BCUT2D eigenvalue weighted by molar-refractivity contribution is -0.142. The molecule has 3 N–H and O–H groups in total. The summed E-state index contributed by atoms with van der Waals surface area (Å²) in [5, 5.41) is 22.0. The minimum absolute atomic E-state index is 0.229. The number of likely N-dealkylation sites (tertiary alicyclic amines) is 1. The summed E-state index contributed by atoms with van der Waals surface area (Å²) < 4.78 is 19.8. The summed E-state index contributed by atoms with van der Waals surface area (Å²) in [6.45, 7) is 4.59. The number of nitrogens with zero attached hydrogens (tertiary/aromatic N) is 1. The van der Waals surface area contributed by atoms with Gasteiger partial charge >= 0.3 is 5.97 Å². The number of anilines is 1. The van der Waals surface area contributed by atoms with Crippen LogP contribution in [0.25, 0.3) is 11.1 Å². The first-order valence-electron chi connectivity index (χ1n) is 11.1. The topological polar surface area (TPSA) is 99.1 Å². The number of carbonyl (C=O) groups excluding carboxylic acids is 1. The quantitative estimate of drug-likeness (QED) is 0.600. The highest BCUT2D eigenvalue weighted by molar-refractivity contribution is 6.32. The van der Waals surface area contributed by atoms with E-state index in [9.17, 15) is 24.2 Å². The Hall–Kier alpha value is -3.49. The average molecular weight is 464 g/mol. The Labute approximate surface area is 196 Å². The van der Waals surface area contributed by atoms with Gasteiger partial charge in [-0.1, -0.05) is 24.3 Å². The van der Waals surface area contributed by atoms with Crippen LogP contribution in [0.2, 0.25) is 0 Å². The zero-order valence-corrected chi connectivity index (χ0v) is 18.8. The van der Waals surface area contributed by atoms with Crippen molar-refractivity contribution in [2.45, 2.75) is 44.6 Å². The van der Waals surface area contributed by atoms with Crippen molar-refractivity contribution in [1.29, 1.82) is 0 Å². The molecule has 3 aliphatic rings. The summed E-state index contributed by atoms with van der Waals surface area (Å²) in [5.74, 6) is -1.25. The van der Waals surface area contributed by atoms with Crippen molar-refractivity contribution in [2.75, 3.05) is 11.9 Å². The molecule has 3 aliphatic heterocycles. The number of carboxylic acids is 1. The Morgan fingerprint density at radius 1 is 1.24 bits per heavy atom. The second-order valence-corrected chi connectivity index (χ2v) is 9.42. The summed E-state index contributed by atoms with van der Waals surface area (Å²) in [6, 6.07) is 11.2. The molecule has 34 heavy (non-hydrogen) atoms. The van der Waals surface area contributed by atoms with Crippen molar-refractivity contribution in [1.82, 2.24) is 4.90 Å². The Morgan fingerprint density at radius 2 is 1.97 bits per heavy atom. The third-order valence-corrected chi connectivity index (χ3v) is 6.58. The highest BCUT2D eigenvalue weighted by Gasteiger charge is 2.38. The van der Waals surface area contributed by atoms with E-state index in [1.807, 2.05) is 44.2 Å². The number of aliphatic hydroxyl groups is 1. The molecule has 1 amide bonds. The first kappa shape index (κ1) is 22.3. The van der Waals surface area contributed by atoms with Gasteiger partial charge in [-0.25, -0.2) is 4.39 Å². The van der Waals surface area contributed by atoms with Crippen LogP contribution in [0.4, 0.5) is 10.1 Å². The molecule has 0 spiro atoms. The van der Waals surface area contributed by atoms with Gasteiger partial charge in [0.1, 0.15) is 23.2 Å². The predicted molar refractivity (Wildman–Crippen MR) is 124 cm³/mol. The number of β-amino-alcohol motifs (C(OH)–C–C–N with tert-alkyl or cyclic N) is 1. The van der Waals surface area contributed by atoms with E-state index in [4.69, 9.17) is 4.74 Å². The molecule has 1 saturated heterocycles. The maximum atomic E-state index is 13.6. The number of nitrogens with one attached hydrogen (secondary N) is 1. The molecule has 3 heterocycles. The highest BCUT2D eigenvalue weighted by Crippen LogP contribution is 2.44. The number of fused-ring (bicyclic) bond motifs is 1. The second-order valence-electron chi connectivity index (χ2n) is 9.42. The van der Waals surface area contributed by atoms with E-state index in [1.165, 1.54) is 12.1 Å². The van der Waals surface area contributed by atoms with Gasteiger partial charge < -0.3 is 20.3 Å². The SMILES string of the molecule is CC1(C)OC(=C2C(=O)Nc3cc(F)ccc32)C=C1c1ccc(CN2CC(O)CC2C(=O)O)cc1. The lowest BCUT2D eigenvalue weighted by Crippen LogP contribution is -2.35. The molecular weight excluding hydrogens is 439 g/mol. The van der Waals surface area contributed by atoms with Crippen molar-refractivity contribution in [3.8, 4) is 0 Å². The third-order valence-electron chi connectivity index (χ3n) is 6.58. The van der Waals surface area contributed by atoms with Crippen LogP contribution in [0.3, 0.4) is 0 Å². The number of carboxylic acid groups (broad SMARTS) is 1. The van der Waals surface area contributed by atoms with Crippen LogP contribution in [-0.4, -0.2) is 51.3 Å². The van der Waals surface area contributed by atoms with Crippen LogP contribution >= 0.6 is 0 Å². The number of benzene rings is 2. The molecule has 176 valence electrons. The van der Waals surface area contributed by atoms with Crippen LogP contribution in [-0.2, 0) is 20.9 Å². The number of aliphatic hydroxyl groups excluding tert-OH is 1. The third kappa shape index (κ3) is 3.89. The Bertz CT molecular complexity index is 1250. The first-order valence-corrected chi connectivity index (χ1v) is 11.1. The maximum Gasteiger partial charge on any atom is 0.321 e. The predicted octanol–water partition coefficient (Wildman–Crippen LogP) is 3.40. The van der Waals surface area contributed by atoms with Crippen LogP contribution in [0.5, 0.6) is 0 Å². The fourth-order valence-corrected chi connectivity index (χ4v) is 4.94. The fourth-order valence-electron chi connectivity index (χ4n) is 4.94. The number of halogens is 1. The number of allylic oxidation sites excluding steroid dienone is 1. The summed E-state index contributed by atoms with van der Waals surface area (Å²) in [7, 11) is 0. The molecule has 0 bridgehead atoms. The Morgan fingerprint density at radius 3 is 2.68 bits per heavy atom. The van der Waals surface area contributed by atoms with Crippen LogP contribution in [0, 0.1) is 5.82 Å². The van der Waals surface area contributed by atoms with E-state index in [0.717, 1.165) is 16.7 Å². The van der Waals surface area contributed by atoms with Gasteiger partial charge in [0, 0.05) is 30.6 Å². The molecule has 2 unspecified atom stereocenters. The first-order chi connectivity index (χ1) is 16.1. The highest BCUT2D eigenvalue weighted by atomic mass is 19.1. The van der Waals surface area contributed by atoms with E-state index in [1.54, 1.807) is 11.0 Å². The number of ether oxygens (including phenoxy) is 1. The number of amides is 1. The molecule has 2 aromatic rings. The fraction of sp³-hybridized carbons (Fsp3) is 0.308. The van der Waals surface area contributed by atoms with E-state index < -0.39 is 29.5 Å². The lowest BCUT2D eigenvalue weighted by atomic mass is 9.91. The van der Waals surface area contributed by atoms with Gasteiger partial charge in [0.15, 0.2) is 0 Å². The Kier molecular flexibility index (Phi) is 5.30. The van der Waals surface area contributed by atoms with Crippen molar-refractivity contribution >= 4 is 28.7 Å². The number of rotatable bonds is 4. The van der Waals surface area contributed by atoms with Gasteiger partial charge in [-0.2, -0.15) is 0 Å². The molecule has 1 fully saturated rings. The van der Waals surface area contributed by atoms with E-state index in [-0.39, 0.29) is 12.3 Å². The largest absolute Gasteiger partial charge is 0.482 e. The molecule has 0 aliphatic carbocycles. The summed E-state index contributed by atoms with van der Waals surface area (Å²) in [6.07, 6.45) is 1.44. The number of hydrogen-bond acceptors (Lipinski definition) is 5. The van der Waals surface area contributed by atoms with E-state index in [2.05, 4.69) is 5.32 Å². The lowest BCUT2D eigenvalue weighted by Gasteiger charge is -2.24. The van der Waals surface area contributed by atoms with Gasteiger partial charge in [-0.05, 0) is 49.2 Å². The minimum Gasteiger partial charge on any atom is -0.482 e. The smallest absolute Gasteiger partial charge is 0.321 e. The van der Waals surface area contributed by atoms with Crippen LogP contribution in [0.1, 0.15) is 37.0 Å². The average Bonchev–Trinajstić information content (AvgIpc) is 3.39. The van der Waals surface area contributed by atoms with Crippen molar-refractivity contribution in [2.24, 2.45) is 0 Å². The summed E-state index contributed by atoms with van der Waals surface area (Å²) in [4.78, 5) is 25.9. The van der Waals surface area contributed by atoms with Crippen molar-refractivity contribution < 1.29 is 28.9 Å². The van der Waals surface area contributed by atoms with Gasteiger partial charge in [0.2, 0.25) is 0 Å². The molecule has 0 saturated carbocycles. The number of aliphatic carboxylic acids is 1. The molecule has 5 rings (SSSR count). The van der Waals surface area contributed by atoms with Crippen molar-refractivity contribution in [3.05, 3.63) is 76.8 Å². The summed E-state index contributed by atoms with van der Waals surface area (Å²) >= 11 is 0. The van der Waals surface area contributed by atoms with Crippen LogP contribution < -0.4 is 5.32 Å². The van der Waals surface area contributed by atoms with Gasteiger partial charge in [-0.15, -0.1) is 0 Å². The Balaban J connectivity index is 1.43. The normalized spacial score (nSPS) is 25.6. The standard InChI is InChI=1S/C26H25FN2O5/c1-26(2)19(11-22(34-26)23-18-8-7-16(27)9-20(18)28-24(23)31)15-5-3-14(4-6-15)12-29-13-17(30)10-21(29)25(32)33/h3-9,11,17,21,30H,10,12-13H2,1-2H3,(H,28,31)(H,32,33). The molecule has 2 atom stereocenters. The van der Waals surface area contributed by atoms with Gasteiger partial charge in [0.25, 0.3) is 5.91 Å². The second kappa shape index (κ2) is 8.07. The molecular formula is C26H25FN2O5. The molecule has 8 heteroatoms. The molecule has 0 radical (unpaired) electrons. The van der Waals surface area contributed by atoms with Crippen LogP contribution in [0.15, 0.2) is 54.3 Å².